The lowest BCUT2D eigenvalue weighted by atomic mass is 9.81. The van der Waals surface area contributed by atoms with Gasteiger partial charge in [-0.1, -0.05) is 18.2 Å². The number of nitrogens with zero attached hydrogens (tertiary/aromatic N) is 3. The molecule has 1 fully saturated rings. The van der Waals surface area contributed by atoms with Crippen molar-refractivity contribution in [2.45, 2.75) is 25.4 Å². The lowest BCUT2D eigenvalue weighted by Gasteiger charge is -2.35. The Morgan fingerprint density at radius 2 is 2.11 bits per heavy atom. The Balaban J connectivity index is 1.75. The molecule has 2 heterocycles. The van der Waals surface area contributed by atoms with Gasteiger partial charge in [-0.05, 0) is 36.0 Å². The van der Waals surface area contributed by atoms with Gasteiger partial charge in [-0.25, -0.2) is 23.1 Å². The van der Waals surface area contributed by atoms with Crippen molar-refractivity contribution in [1.29, 1.82) is 0 Å². The summed E-state index contributed by atoms with van der Waals surface area (Å²) in [6.45, 7) is 0.424. The fraction of sp³-hybridized carbons (Fsp3) is 0.368. The molecule has 4 rings (SSSR count). The van der Waals surface area contributed by atoms with Gasteiger partial charge in [0.05, 0.1) is 11.6 Å². The van der Waals surface area contributed by atoms with E-state index >= 15 is 0 Å². The number of hydrogen-bond acceptors (Lipinski definition) is 6. The Morgan fingerprint density at radius 1 is 1.32 bits per heavy atom. The minimum atomic E-state index is -3.27. The van der Waals surface area contributed by atoms with Gasteiger partial charge in [0.15, 0.2) is 0 Å². The van der Waals surface area contributed by atoms with E-state index in [1.54, 1.807) is 0 Å². The molecule has 28 heavy (non-hydrogen) atoms. The molecular formula is C19H23N5O3S. The first-order valence-electron chi connectivity index (χ1n) is 9.11. The van der Waals surface area contributed by atoms with Crippen LogP contribution in [0.2, 0.25) is 0 Å². The molecule has 1 aliphatic rings. The smallest absolute Gasteiger partial charge is 0.209 e. The van der Waals surface area contributed by atoms with Gasteiger partial charge in [0, 0.05) is 31.0 Å². The van der Waals surface area contributed by atoms with Gasteiger partial charge < -0.3 is 15.4 Å². The fourth-order valence-corrected chi connectivity index (χ4v) is 4.17. The van der Waals surface area contributed by atoms with Gasteiger partial charge in [0.2, 0.25) is 10.0 Å². The first-order chi connectivity index (χ1) is 13.4. The summed E-state index contributed by atoms with van der Waals surface area (Å²) in [6, 6.07) is 7.95. The molecule has 0 spiro atoms. The van der Waals surface area contributed by atoms with Crippen LogP contribution in [0.25, 0.3) is 22.2 Å². The summed E-state index contributed by atoms with van der Waals surface area (Å²) in [5, 5.41) is 10.1. The summed E-state index contributed by atoms with van der Waals surface area (Å²) in [4.78, 5) is 8.60. The second-order valence-electron chi connectivity index (χ2n) is 7.38. The van der Waals surface area contributed by atoms with Gasteiger partial charge >= 0.3 is 0 Å². The normalized spacial score (nSPS) is 19.6. The second kappa shape index (κ2) is 7.16. The number of hydrogen-bond donors (Lipinski definition) is 3. The highest BCUT2D eigenvalue weighted by atomic mass is 32.2. The van der Waals surface area contributed by atoms with Gasteiger partial charge in [-0.2, -0.15) is 0 Å². The SMILES string of the molecule is CS(=O)(=O)NCc1cccc(-c2cn([C@H]3C[C@H](CO)C3)c3ncnc(N)c23)c1. The van der Waals surface area contributed by atoms with Gasteiger partial charge in [-0.15, -0.1) is 0 Å². The third-order valence-electron chi connectivity index (χ3n) is 5.28. The highest BCUT2D eigenvalue weighted by molar-refractivity contribution is 7.88. The number of anilines is 1. The molecule has 0 atom stereocenters. The Kier molecular flexibility index (Phi) is 4.82. The average Bonchev–Trinajstić information content (AvgIpc) is 3.00. The van der Waals surface area contributed by atoms with E-state index in [2.05, 4.69) is 19.3 Å². The number of sulfonamides is 1. The predicted octanol–water partition coefficient (Wildman–Crippen LogP) is 1.67. The van der Waals surface area contributed by atoms with Crippen molar-refractivity contribution in [3.63, 3.8) is 0 Å². The maximum absolute atomic E-state index is 11.4. The van der Waals surface area contributed by atoms with Crippen LogP contribution in [0.4, 0.5) is 5.82 Å². The first-order valence-corrected chi connectivity index (χ1v) is 11.0. The highest BCUT2D eigenvalue weighted by Crippen LogP contribution is 2.42. The number of rotatable bonds is 6. The lowest BCUT2D eigenvalue weighted by Crippen LogP contribution is -2.28. The molecule has 4 N–H and O–H groups in total. The van der Waals surface area contributed by atoms with Crippen LogP contribution in [-0.4, -0.2) is 40.9 Å². The number of aliphatic hydroxyl groups excluding tert-OH is 1. The van der Waals surface area contributed by atoms with E-state index in [0.29, 0.717) is 11.7 Å². The van der Waals surface area contributed by atoms with Crippen LogP contribution in [0, 0.1) is 5.92 Å². The predicted molar refractivity (Wildman–Crippen MR) is 108 cm³/mol. The minimum absolute atomic E-state index is 0.203. The van der Waals surface area contributed by atoms with Crippen molar-refractivity contribution in [3.05, 3.63) is 42.4 Å². The van der Waals surface area contributed by atoms with Crippen LogP contribution in [0.3, 0.4) is 0 Å². The number of nitrogens with one attached hydrogen (secondary N) is 1. The van der Waals surface area contributed by atoms with E-state index < -0.39 is 10.0 Å². The van der Waals surface area contributed by atoms with E-state index in [0.717, 1.165) is 46.8 Å². The zero-order valence-electron chi connectivity index (χ0n) is 15.5. The number of nitrogens with two attached hydrogens (primary N) is 1. The average molecular weight is 401 g/mol. The Hall–Kier alpha value is -2.49. The molecule has 0 unspecified atom stereocenters. The first kappa shape index (κ1) is 18.9. The number of benzene rings is 1. The Bertz CT molecular complexity index is 1120. The zero-order valence-corrected chi connectivity index (χ0v) is 16.4. The Morgan fingerprint density at radius 3 is 2.82 bits per heavy atom. The molecule has 148 valence electrons. The second-order valence-corrected chi connectivity index (χ2v) is 9.21. The van der Waals surface area contributed by atoms with Crippen molar-refractivity contribution in [2.24, 2.45) is 5.92 Å². The summed E-state index contributed by atoms with van der Waals surface area (Å²) < 4.78 is 27.4. The molecule has 0 aliphatic heterocycles. The zero-order chi connectivity index (χ0) is 19.9. The maximum atomic E-state index is 11.4. The van der Waals surface area contributed by atoms with E-state index in [1.165, 1.54) is 6.33 Å². The summed E-state index contributed by atoms with van der Waals surface area (Å²) >= 11 is 0. The van der Waals surface area contributed by atoms with Crippen molar-refractivity contribution >= 4 is 26.9 Å². The van der Waals surface area contributed by atoms with Gasteiger partial charge in [0.25, 0.3) is 0 Å². The van der Waals surface area contributed by atoms with Crippen LogP contribution < -0.4 is 10.5 Å². The van der Waals surface area contributed by atoms with Gasteiger partial charge in [-0.3, -0.25) is 0 Å². The molecule has 1 aliphatic carbocycles. The summed E-state index contributed by atoms with van der Waals surface area (Å²) in [5.74, 6) is 0.743. The number of aromatic nitrogens is 3. The van der Waals surface area contributed by atoms with Crippen LogP contribution in [-0.2, 0) is 16.6 Å². The minimum Gasteiger partial charge on any atom is -0.396 e. The molecule has 0 amide bonds. The quantitative estimate of drug-likeness (QED) is 0.577. The summed E-state index contributed by atoms with van der Waals surface area (Å²) in [7, 11) is -3.27. The lowest BCUT2D eigenvalue weighted by molar-refractivity contribution is 0.114. The molecule has 3 aromatic rings. The monoisotopic (exact) mass is 401 g/mol. The molecule has 0 radical (unpaired) electrons. The topological polar surface area (TPSA) is 123 Å². The largest absolute Gasteiger partial charge is 0.396 e. The molecule has 9 heteroatoms. The van der Waals surface area contributed by atoms with E-state index in [9.17, 15) is 13.5 Å². The molecule has 0 bridgehead atoms. The highest BCUT2D eigenvalue weighted by Gasteiger charge is 2.32. The van der Waals surface area contributed by atoms with Crippen LogP contribution in [0.15, 0.2) is 36.8 Å². The number of nitrogen functional groups attached to an aromatic ring is 1. The van der Waals surface area contributed by atoms with Crippen LogP contribution >= 0.6 is 0 Å². The van der Waals surface area contributed by atoms with E-state index in [1.807, 2.05) is 30.5 Å². The van der Waals surface area contributed by atoms with Crippen LogP contribution in [0.1, 0.15) is 24.4 Å². The molecule has 8 nitrogen and oxygen atoms in total. The van der Waals surface area contributed by atoms with Crippen LogP contribution in [0.5, 0.6) is 0 Å². The van der Waals surface area contributed by atoms with Crippen molar-refractivity contribution < 1.29 is 13.5 Å². The summed E-state index contributed by atoms with van der Waals surface area (Å²) in [6.07, 6.45) is 6.45. The third-order valence-corrected chi connectivity index (χ3v) is 5.95. The fourth-order valence-electron chi connectivity index (χ4n) is 3.75. The van der Waals surface area contributed by atoms with Gasteiger partial charge in [0.1, 0.15) is 17.8 Å². The molecule has 0 saturated heterocycles. The standard InChI is InChI=1S/C19H23N5O3S/c1-28(26,27)23-8-12-3-2-4-14(5-12)16-9-24(15-6-13(7-15)10-25)19-17(16)18(20)21-11-22-19/h2-5,9,11,13,15,23,25H,6-8,10H2,1H3,(H2,20,21,22)/t13-,15-. The number of aliphatic hydroxyl groups is 1. The number of fused-ring (bicyclic) bond motifs is 1. The van der Waals surface area contributed by atoms with E-state index in [4.69, 9.17) is 5.73 Å². The summed E-state index contributed by atoms with van der Waals surface area (Å²) in [5.41, 5.74) is 9.66. The molecule has 1 saturated carbocycles. The maximum Gasteiger partial charge on any atom is 0.209 e. The van der Waals surface area contributed by atoms with Crippen molar-refractivity contribution in [3.8, 4) is 11.1 Å². The van der Waals surface area contributed by atoms with E-state index in [-0.39, 0.29) is 19.2 Å². The molecule has 2 aromatic heterocycles. The molecule has 1 aromatic carbocycles. The van der Waals surface area contributed by atoms with Crippen molar-refractivity contribution in [1.82, 2.24) is 19.3 Å². The molecular weight excluding hydrogens is 378 g/mol. The van der Waals surface area contributed by atoms with Crippen molar-refractivity contribution in [2.75, 3.05) is 18.6 Å². The third kappa shape index (κ3) is 3.60. The Labute approximate surface area is 163 Å².